The van der Waals surface area contributed by atoms with Gasteiger partial charge in [-0.1, -0.05) is 96.6 Å². The first-order chi connectivity index (χ1) is 22.9. The van der Waals surface area contributed by atoms with Crippen LogP contribution in [0.1, 0.15) is 77.7 Å². The van der Waals surface area contributed by atoms with E-state index in [1.807, 2.05) is 12.1 Å². The van der Waals surface area contributed by atoms with Gasteiger partial charge in [0.2, 0.25) is 0 Å². The van der Waals surface area contributed by atoms with E-state index in [1.165, 1.54) is 61.1 Å². The van der Waals surface area contributed by atoms with Gasteiger partial charge in [0.05, 0.1) is 14.2 Å². The molecule has 5 aromatic rings. The summed E-state index contributed by atoms with van der Waals surface area (Å²) >= 11 is 0. The van der Waals surface area contributed by atoms with E-state index in [0.29, 0.717) is 6.04 Å². The molecule has 2 aliphatic carbocycles. The molecule has 0 radical (unpaired) electrons. The summed E-state index contributed by atoms with van der Waals surface area (Å²) in [6.07, 6.45) is 8.61. The third-order valence-corrected chi connectivity index (χ3v) is 9.40. The van der Waals surface area contributed by atoms with Crippen molar-refractivity contribution in [2.75, 3.05) is 14.2 Å². The summed E-state index contributed by atoms with van der Waals surface area (Å²) < 4.78 is 11.0. The Balaban J connectivity index is 0.000000166. The van der Waals surface area contributed by atoms with Gasteiger partial charge >= 0.3 is 0 Å². The van der Waals surface area contributed by atoms with E-state index in [9.17, 15) is 0 Å². The average Bonchev–Trinajstić information content (AvgIpc) is 3.11. The molecule has 4 nitrogen and oxygen atoms in total. The lowest BCUT2D eigenvalue weighted by Crippen LogP contribution is -2.20. The van der Waals surface area contributed by atoms with Crippen LogP contribution < -0.4 is 20.1 Å². The van der Waals surface area contributed by atoms with Gasteiger partial charge in [0.15, 0.2) is 0 Å². The van der Waals surface area contributed by atoms with Crippen LogP contribution in [0.4, 0.5) is 0 Å². The highest BCUT2D eigenvalue weighted by Gasteiger charge is 2.18. The molecule has 0 saturated carbocycles. The van der Waals surface area contributed by atoms with Crippen molar-refractivity contribution in [3.63, 3.8) is 0 Å². The summed E-state index contributed by atoms with van der Waals surface area (Å²) in [5, 5.41) is 9.99. The predicted molar refractivity (Wildman–Crippen MR) is 197 cm³/mol. The molecule has 240 valence electrons. The van der Waals surface area contributed by atoms with Crippen LogP contribution in [-0.2, 0) is 12.8 Å². The van der Waals surface area contributed by atoms with Crippen LogP contribution in [-0.4, -0.2) is 14.2 Å². The molecule has 0 unspecified atom stereocenters. The Labute approximate surface area is 280 Å². The number of nitrogens with one attached hydrogen (secondary N) is 2. The number of ether oxygens (including phenoxy) is 2. The minimum Gasteiger partial charge on any atom is -0.496 e. The maximum Gasteiger partial charge on any atom is 0.122 e. The smallest absolute Gasteiger partial charge is 0.122 e. The molecule has 0 spiro atoms. The van der Waals surface area contributed by atoms with Crippen molar-refractivity contribution in [2.45, 2.75) is 58.5 Å². The highest BCUT2D eigenvalue weighted by atomic mass is 16.5. The molecule has 0 bridgehead atoms. The van der Waals surface area contributed by atoms with E-state index in [0.717, 1.165) is 37.2 Å². The number of aryl methyl sites for hydroxylation is 1. The second kappa shape index (κ2) is 14.6. The molecular weight excluding hydrogens is 576 g/mol. The van der Waals surface area contributed by atoms with Gasteiger partial charge in [-0.3, -0.25) is 0 Å². The van der Waals surface area contributed by atoms with E-state index >= 15 is 0 Å². The normalized spacial score (nSPS) is 14.7. The highest BCUT2D eigenvalue weighted by Crippen LogP contribution is 2.33. The van der Waals surface area contributed by atoms with Crippen LogP contribution in [0.2, 0.25) is 0 Å². The molecule has 0 aromatic heterocycles. The Kier molecular flexibility index (Phi) is 9.97. The zero-order valence-electron chi connectivity index (χ0n) is 28.3. The minimum absolute atomic E-state index is 0.268. The molecule has 47 heavy (non-hydrogen) atoms. The Hall–Kier alpha value is -4.96. The SMILES string of the molecule is COc1cccc2c1CCC(N[C@H](C)c1ccc(C)cc1)=C2.COc1cccc2c1CCC(N[C@H](C)c1cccc3ccccc13)=C2. The van der Waals surface area contributed by atoms with Crippen molar-refractivity contribution in [3.05, 3.63) is 153 Å². The third-order valence-electron chi connectivity index (χ3n) is 9.40. The summed E-state index contributed by atoms with van der Waals surface area (Å²) in [6, 6.07) is 37.0. The monoisotopic (exact) mass is 622 g/mol. The summed E-state index contributed by atoms with van der Waals surface area (Å²) in [7, 11) is 3.49. The minimum atomic E-state index is 0.268. The fourth-order valence-corrected chi connectivity index (χ4v) is 6.82. The molecule has 0 fully saturated rings. The third kappa shape index (κ3) is 7.38. The zero-order valence-corrected chi connectivity index (χ0v) is 28.3. The van der Waals surface area contributed by atoms with Crippen LogP contribution in [0.25, 0.3) is 22.9 Å². The number of hydrogen-bond acceptors (Lipinski definition) is 4. The van der Waals surface area contributed by atoms with E-state index in [-0.39, 0.29) is 6.04 Å². The molecule has 2 atom stereocenters. The molecule has 7 rings (SSSR count). The number of allylic oxidation sites excluding steroid dienone is 2. The molecule has 0 saturated heterocycles. The molecule has 2 N–H and O–H groups in total. The Bertz CT molecular complexity index is 1900. The second-order valence-corrected chi connectivity index (χ2v) is 12.6. The van der Waals surface area contributed by atoms with Crippen molar-refractivity contribution < 1.29 is 9.47 Å². The zero-order chi connectivity index (χ0) is 32.8. The second-order valence-electron chi connectivity index (χ2n) is 12.6. The van der Waals surface area contributed by atoms with Gasteiger partial charge < -0.3 is 20.1 Å². The maximum absolute atomic E-state index is 5.50. The lowest BCUT2D eigenvalue weighted by atomic mass is 9.93. The van der Waals surface area contributed by atoms with E-state index < -0.39 is 0 Å². The first-order valence-electron chi connectivity index (χ1n) is 16.7. The van der Waals surface area contributed by atoms with Crippen molar-refractivity contribution in [1.82, 2.24) is 10.6 Å². The Morgan fingerprint density at radius 2 is 1.09 bits per heavy atom. The van der Waals surface area contributed by atoms with Crippen molar-refractivity contribution in [3.8, 4) is 11.5 Å². The molecule has 0 heterocycles. The van der Waals surface area contributed by atoms with Gasteiger partial charge in [-0.15, -0.1) is 0 Å². The van der Waals surface area contributed by atoms with Gasteiger partial charge in [-0.05, 0) is 104 Å². The molecule has 2 aliphatic rings. The van der Waals surface area contributed by atoms with Crippen LogP contribution >= 0.6 is 0 Å². The number of fused-ring (bicyclic) bond motifs is 3. The average molecular weight is 623 g/mol. The van der Waals surface area contributed by atoms with Crippen molar-refractivity contribution >= 4 is 22.9 Å². The quantitative estimate of drug-likeness (QED) is 0.181. The number of benzene rings is 5. The van der Waals surface area contributed by atoms with Gasteiger partial charge in [0.1, 0.15) is 11.5 Å². The van der Waals surface area contributed by atoms with Crippen molar-refractivity contribution in [2.24, 2.45) is 0 Å². The molecule has 5 aromatic carbocycles. The summed E-state index contributed by atoms with van der Waals surface area (Å²) in [6.45, 7) is 6.58. The summed E-state index contributed by atoms with van der Waals surface area (Å²) in [5.41, 5.74) is 11.7. The number of rotatable bonds is 8. The lowest BCUT2D eigenvalue weighted by Gasteiger charge is -2.24. The highest BCUT2D eigenvalue weighted by molar-refractivity contribution is 5.86. The predicted octanol–water partition coefficient (Wildman–Crippen LogP) is 10.1. The van der Waals surface area contributed by atoms with Gasteiger partial charge in [-0.25, -0.2) is 0 Å². The van der Waals surface area contributed by atoms with E-state index in [4.69, 9.17) is 9.47 Å². The first kappa shape index (κ1) is 32.0. The Morgan fingerprint density at radius 3 is 1.68 bits per heavy atom. The summed E-state index contributed by atoms with van der Waals surface area (Å²) in [5.74, 6) is 1.99. The van der Waals surface area contributed by atoms with Gasteiger partial charge in [0.25, 0.3) is 0 Å². The number of methoxy groups -OCH3 is 2. The van der Waals surface area contributed by atoms with Gasteiger partial charge in [0, 0.05) is 34.6 Å². The van der Waals surface area contributed by atoms with Crippen LogP contribution in [0, 0.1) is 6.92 Å². The van der Waals surface area contributed by atoms with Crippen LogP contribution in [0.5, 0.6) is 11.5 Å². The van der Waals surface area contributed by atoms with Crippen LogP contribution in [0.3, 0.4) is 0 Å². The molecule has 0 amide bonds. The molecular formula is C43H46N2O2. The fraction of sp³-hybridized carbons (Fsp3) is 0.256. The Morgan fingerprint density at radius 1 is 0.553 bits per heavy atom. The standard InChI is InChI=1S/C23H23NO.C20H23NO/c1-16(20-11-5-8-17-7-3-4-10-21(17)20)24-19-13-14-22-18(15-19)9-6-12-23(22)25-2;1-14-7-9-16(10-8-14)15(2)21-18-11-12-19-17(13-18)5-4-6-20(19)22-3/h3-12,15-16,24H,13-14H2,1-2H3;4-10,13,15,21H,11-12H2,1-3H3/t16-;15-/m11/s1. The molecule has 4 heteroatoms. The van der Waals surface area contributed by atoms with Crippen molar-refractivity contribution in [1.29, 1.82) is 0 Å². The van der Waals surface area contributed by atoms with Gasteiger partial charge in [-0.2, -0.15) is 0 Å². The van der Waals surface area contributed by atoms with Crippen LogP contribution in [0.15, 0.2) is 115 Å². The first-order valence-corrected chi connectivity index (χ1v) is 16.7. The number of hydrogen-bond donors (Lipinski definition) is 2. The molecule has 0 aliphatic heterocycles. The topological polar surface area (TPSA) is 42.5 Å². The maximum atomic E-state index is 5.50. The fourth-order valence-electron chi connectivity index (χ4n) is 6.82. The summed E-state index contributed by atoms with van der Waals surface area (Å²) in [4.78, 5) is 0. The van der Waals surface area contributed by atoms with E-state index in [1.54, 1.807) is 14.2 Å². The lowest BCUT2D eigenvalue weighted by molar-refractivity contribution is 0.408. The largest absolute Gasteiger partial charge is 0.496 e. The van der Waals surface area contributed by atoms with E-state index in [2.05, 4.69) is 135 Å².